The zero-order valence-electron chi connectivity index (χ0n) is 14.3. The molecule has 3 heterocycles. The van der Waals surface area contributed by atoms with Crippen molar-refractivity contribution in [2.75, 3.05) is 19.6 Å². The highest BCUT2D eigenvalue weighted by Gasteiger charge is 2.32. The Kier molecular flexibility index (Phi) is 7.68. The van der Waals surface area contributed by atoms with Gasteiger partial charge in [0.05, 0.1) is 12.0 Å². The summed E-state index contributed by atoms with van der Waals surface area (Å²) >= 11 is 1.64. The molecule has 0 amide bonds. The second kappa shape index (κ2) is 9.53. The van der Waals surface area contributed by atoms with E-state index < -0.39 is 0 Å². The predicted octanol–water partition coefficient (Wildman–Crippen LogP) is 4.42. The third kappa shape index (κ3) is 4.48. The van der Waals surface area contributed by atoms with Crippen LogP contribution in [0.5, 0.6) is 0 Å². The van der Waals surface area contributed by atoms with Crippen LogP contribution >= 0.6 is 36.2 Å². The molecule has 2 N–H and O–H groups in total. The first-order valence-corrected chi connectivity index (χ1v) is 9.17. The van der Waals surface area contributed by atoms with Crippen molar-refractivity contribution >= 4 is 36.2 Å². The highest BCUT2D eigenvalue weighted by atomic mass is 35.5. The SMILES string of the molecule is Cl.Cl.NC[C@@H]1CN(Cc2csc(-c3ccco3)n2)C[C@H]1c1ccccc1. The fraction of sp³-hybridized carbons (Fsp3) is 0.316. The molecule has 2 atom stereocenters. The fourth-order valence-corrected chi connectivity index (χ4v) is 4.31. The van der Waals surface area contributed by atoms with Crippen molar-refractivity contribution in [3.8, 4) is 10.8 Å². The molecule has 1 aliphatic rings. The van der Waals surface area contributed by atoms with Crippen LogP contribution in [0, 0.1) is 5.92 Å². The summed E-state index contributed by atoms with van der Waals surface area (Å²) in [4.78, 5) is 7.19. The number of rotatable bonds is 5. The summed E-state index contributed by atoms with van der Waals surface area (Å²) in [5.41, 5.74) is 8.53. The topological polar surface area (TPSA) is 55.3 Å². The van der Waals surface area contributed by atoms with Crippen molar-refractivity contribution in [1.29, 1.82) is 0 Å². The van der Waals surface area contributed by atoms with Gasteiger partial charge < -0.3 is 10.2 Å². The molecule has 140 valence electrons. The molecule has 0 aliphatic carbocycles. The number of hydrogen-bond acceptors (Lipinski definition) is 5. The highest BCUT2D eigenvalue weighted by Crippen LogP contribution is 2.33. The zero-order chi connectivity index (χ0) is 16.4. The average molecular weight is 412 g/mol. The first-order valence-electron chi connectivity index (χ1n) is 8.29. The number of nitrogens with zero attached hydrogens (tertiary/aromatic N) is 2. The molecule has 1 aromatic carbocycles. The van der Waals surface area contributed by atoms with Crippen LogP contribution in [0.4, 0.5) is 0 Å². The van der Waals surface area contributed by atoms with Crippen molar-refractivity contribution in [2.24, 2.45) is 11.7 Å². The van der Waals surface area contributed by atoms with Crippen LogP contribution in [0.1, 0.15) is 17.2 Å². The second-order valence-electron chi connectivity index (χ2n) is 6.33. The third-order valence-electron chi connectivity index (χ3n) is 4.72. The molecule has 7 heteroatoms. The fourth-order valence-electron chi connectivity index (χ4n) is 3.53. The lowest BCUT2D eigenvalue weighted by atomic mass is 9.89. The summed E-state index contributed by atoms with van der Waals surface area (Å²) in [5, 5.41) is 3.08. The van der Waals surface area contributed by atoms with Gasteiger partial charge in [0.25, 0.3) is 0 Å². The number of benzene rings is 1. The smallest absolute Gasteiger partial charge is 0.162 e. The lowest BCUT2D eigenvalue weighted by Gasteiger charge is -2.16. The van der Waals surface area contributed by atoms with Crippen molar-refractivity contribution in [2.45, 2.75) is 12.5 Å². The summed E-state index contributed by atoms with van der Waals surface area (Å²) in [6.45, 7) is 3.67. The summed E-state index contributed by atoms with van der Waals surface area (Å²) < 4.78 is 5.43. The summed E-state index contributed by atoms with van der Waals surface area (Å²) in [5.74, 6) is 1.87. The van der Waals surface area contributed by atoms with E-state index >= 15 is 0 Å². The molecule has 0 saturated carbocycles. The Bertz CT molecular complexity index is 779. The van der Waals surface area contributed by atoms with Crippen LogP contribution < -0.4 is 5.73 Å². The Labute approximate surface area is 170 Å². The van der Waals surface area contributed by atoms with Gasteiger partial charge in [-0.25, -0.2) is 4.98 Å². The Balaban J connectivity index is 0.00000121. The van der Waals surface area contributed by atoms with Crippen molar-refractivity contribution in [1.82, 2.24) is 9.88 Å². The zero-order valence-corrected chi connectivity index (χ0v) is 16.7. The Morgan fingerprint density at radius 2 is 1.92 bits per heavy atom. The van der Waals surface area contributed by atoms with Gasteiger partial charge in [0.2, 0.25) is 0 Å². The number of nitrogens with two attached hydrogens (primary N) is 1. The van der Waals surface area contributed by atoms with E-state index in [4.69, 9.17) is 15.1 Å². The number of thiazole rings is 1. The molecule has 4 nitrogen and oxygen atoms in total. The monoisotopic (exact) mass is 411 g/mol. The molecule has 1 aliphatic heterocycles. The van der Waals surface area contributed by atoms with E-state index in [1.807, 2.05) is 12.1 Å². The van der Waals surface area contributed by atoms with E-state index in [1.54, 1.807) is 17.6 Å². The van der Waals surface area contributed by atoms with Gasteiger partial charge in [0.15, 0.2) is 10.8 Å². The van der Waals surface area contributed by atoms with Gasteiger partial charge in [-0.2, -0.15) is 0 Å². The van der Waals surface area contributed by atoms with E-state index in [2.05, 4.69) is 40.6 Å². The maximum Gasteiger partial charge on any atom is 0.162 e. The number of likely N-dealkylation sites (tertiary alicyclic amines) is 1. The number of aromatic nitrogens is 1. The molecule has 4 rings (SSSR count). The van der Waals surface area contributed by atoms with E-state index in [9.17, 15) is 0 Å². The summed E-state index contributed by atoms with van der Waals surface area (Å²) in [6.07, 6.45) is 1.69. The third-order valence-corrected chi connectivity index (χ3v) is 5.62. The van der Waals surface area contributed by atoms with Gasteiger partial charge in [0, 0.05) is 30.9 Å². The molecule has 0 spiro atoms. The minimum absolute atomic E-state index is 0. The lowest BCUT2D eigenvalue weighted by molar-refractivity contribution is 0.313. The average Bonchev–Trinajstić information content (AvgIpc) is 3.36. The van der Waals surface area contributed by atoms with E-state index in [0.717, 1.165) is 42.6 Å². The first kappa shape index (κ1) is 20.9. The van der Waals surface area contributed by atoms with E-state index in [1.165, 1.54) is 5.56 Å². The van der Waals surface area contributed by atoms with Crippen molar-refractivity contribution in [3.05, 3.63) is 65.4 Å². The molecular weight excluding hydrogens is 389 g/mol. The minimum atomic E-state index is 0. The number of halogens is 2. The minimum Gasteiger partial charge on any atom is -0.462 e. The van der Waals surface area contributed by atoms with Gasteiger partial charge in [-0.15, -0.1) is 36.2 Å². The van der Waals surface area contributed by atoms with Gasteiger partial charge >= 0.3 is 0 Å². The number of furan rings is 1. The predicted molar refractivity (Wildman–Crippen MR) is 111 cm³/mol. The van der Waals surface area contributed by atoms with Crippen LogP contribution in [0.3, 0.4) is 0 Å². The van der Waals surface area contributed by atoms with Crippen molar-refractivity contribution < 1.29 is 4.42 Å². The van der Waals surface area contributed by atoms with Gasteiger partial charge in [-0.05, 0) is 30.2 Å². The largest absolute Gasteiger partial charge is 0.462 e. The highest BCUT2D eigenvalue weighted by molar-refractivity contribution is 7.13. The Morgan fingerprint density at radius 3 is 2.62 bits per heavy atom. The quantitative estimate of drug-likeness (QED) is 0.674. The van der Waals surface area contributed by atoms with Gasteiger partial charge in [-0.1, -0.05) is 30.3 Å². The second-order valence-corrected chi connectivity index (χ2v) is 7.19. The molecule has 0 unspecified atom stereocenters. The molecule has 3 aromatic rings. The molecule has 0 bridgehead atoms. The Hall–Kier alpha value is -1.37. The maximum atomic E-state index is 6.03. The van der Waals surface area contributed by atoms with Crippen LogP contribution in [-0.4, -0.2) is 29.5 Å². The molecule has 26 heavy (non-hydrogen) atoms. The molecular formula is C19H23Cl2N3OS. The number of hydrogen-bond donors (Lipinski definition) is 1. The summed E-state index contributed by atoms with van der Waals surface area (Å²) in [7, 11) is 0. The van der Waals surface area contributed by atoms with Gasteiger partial charge in [0.1, 0.15) is 0 Å². The molecule has 1 saturated heterocycles. The van der Waals surface area contributed by atoms with Crippen LogP contribution in [0.2, 0.25) is 0 Å². The van der Waals surface area contributed by atoms with Gasteiger partial charge in [-0.3, -0.25) is 4.90 Å². The molecule has 1 fully saturated rings. The lowest BCUT2D eigenvalue weighted by Crippen LogP contribution is -2.23. The molecule has 0 radical (unpaired) electrons. The maximum absolute atomic E-state index is 6.03. The van der Waals surface area contributed by atoms with Crippen LogP contribution in [-0.2, 0) is 6.54 Å². The van der Waals surface area contributed by atoms with E-state index in [-0.39, 0.29) is 24.8 Å². The van der Waals surface area contributed by atoms with Crippen LogP contribution in [0.15, 0.2) is 58.5 Å². The standard InChI is InChI=1S/C19H21N3OS.2ClH/c20-9-15-10-22(12-17(15)14-5-2-1-3-6-14)11-16-13-24-19(21-16)18-7-4-8-23-18;;/h1-8,13,15,17H,9-12,20H2;2*1H/t15-,17+;;/m1../s1. The van der Waals surface area contributed by atoms with Crippen LogP contribution in [0.25, 0.3) is 10.8 Å². The normalized spacial score (nSPS) is 19.7. The van der Waals surface area contributed by atoms with E-state index in [0.29, 0.717) is 11.8 Å². The first-order chi connectivity index (χ1) is 11.8. The summed E-state index contributed by atoms with van der Waals surface area (Å²) in [6, 6.07) is 14.6. The Morgan fingerprint density at radius 1 is 1.12 bits per heavy atom. The molecule has 2 aromatic heterocycles. The van der Waals surface area contributed by atoms with Crippen molar-refractivity contribution in [3.63, 3.8) is 0 Å².